The standard InChI is InChI=1S/C14H24N2S/c1-5-15-9-11-13(14(2,3)4)16-12(17-11)8-10-6-7-10/h10,15H,5-9H2,1-4H3. The fourth-order valence-corrected chi connectivity index (χ4v) is 3.36. The Bertz CT molecular complexity index is 372. The van der Waals surface area contributed by atoms with Gasteiger partial charge in [-0.05, 0) is 25.3 Å². The minimum absolute atomic E-state index is 0.170. The van der Waals surface area contributed by atoms with E-state index in [9.17, 15) is 0 Å². The van der Waals surface area contributed by atoms with E-state index in [0.717, 1.165) is 19.0 Å². The van der Waals surface area contributed by atoms with Crippen LogP contribution in [0.2, 0.25) is 0 Å². The molecule has 17 heavy (non-hydrogen) atoms. The van der Waals surface area contributed by atoms with Crippen LogP contribution in [-0.2, 0) is 18.4 Å². The van der Waals surface area contributed by atoms with Crippen LogP contribution in [0.4, 0.5) is 0 Å². The number of hydrogen-bond acceptors (Lipinski definition) is 3. The van der Waals surface area contributed by atoms with Crippen LogP contribution < -0.4 is 5.32 Å². The van der Waals surface area contributed by atoms with Gasteiger partial charge in [0.2, 0.25) is 0 Å². The van der Waals surface area contributed by atoms with E-state index in [1.807, 2.05) is 11.3 Å². The summed E-state index contributed by atoms with van der Waals surface area (Å²) < 4.78 is 0. The van der Waals surface area contributed by atoms with Crippen LogP contribution in [0.3, 0.4) is 0 Å². The quantitative estimate of drug-likeness (QED) is 0.867. The largest absolute Gasteiger partial charge is 0.312 e. The molecule has 1 aliphatic carbocycles. The molecule has 1 aliphatic rings. The summed E-state index contributed by atoms with van der Waals surface area (Å²) in [5, 5.41) is 4.78. The van der Waals surface area contributed by atoms with Crippen LogP contribution in [0.15, 0.2) is 0 Å². The van der Waals surface area contributed by atoms with E-state index < -0.39 is 0 Å². The van der Waals surface area contributed by atoms with Crippen LogP contribution in [-0.4, -0.2) is 11.5 Å². The third-order valence-corrected chi connectivity index (χ3v) is 4.23. The van der Waals surface area contributed by atoms with Crippen molar-refractivity contribution in [3.8, 4) is 0 Å². The van der Waals surface area contributed by atoms with Gasteiger partial charge in [0.15, 0.2) is 0 Å². The lowest BCUT2D eigenvalue weighted by atomic mass is 9.91. The highest BCUT2D eigenvalue weighted by atomic mass is 32.1. The lowest BCUT2D eigenvalue weighted by molar-refractivity contribution is 0.558. The van der Waals surface area contributed by atoms with Crippen molar-refractivity contribution < 1.29 is 0 Å². The van der Waals surface area contributed by atoms with E-state index in [4.69, 9.17) is 4.98 Å². The van der Waals surface area contributed by atoms with Crippen molar-refractivity contribution in [2.75, 3.05) is 6.54 Å². The normalized spacial score (nSPS) is 16.5. The monoisotopic (exact) mass is 252 g/mol. The Balaban J connectivity index is 2.16. The van der Waals surface area contributed by atoms with Crippen molar-refractivity contribution in [3.05, 3.63) is 15.6 Å². The molecule has 1 N–H and O–H groups in total. The highest BCUT2D eigenvalue weighted by Gasteiger charge is 2.27. The predicted octanol–water partition coefficient (Wildman–Crippen LogP) is 3.50. The Morgan fingerprint density at radius 3 is 2.59 bits per heavy atom. The van der Waals surface area contributed by atoms with Gasteiger partial charge in [0, 0.05) is 23.3 Å². The number of nitrogens with zero attached hydrogens (tertiary/aromatic N) is 1. The molecular weight excluding hydrogens is 228 g/mol. The summed E-state index contributed by atoms with van der Waals surface area (Å²) in [6, 6.07) is 0. The van der Waals surface area contributed by atoms with Gasteiger partial charge >= 0.3 is 0 Å². The molecule has 0 radical (unpaired) electrons. The summed E-state index contributed by atoms with van der Waals surface area (Å²) in [4.78, 5) is 6.33. The van der Waals surface area contributed by atoms with Crippen LogP contribution in [0.1, 0.15) is 56.1 Å². The van der Waals surface area contributed by atoms with Gasteiger partial charge in [-0.3, -0.25) is 0 Å². The topological polar surface area (TPSA) is 24.9 Å². The number of rotatable bonds is 5. The second-order valence-corrected chi connectivity index (χ2v) is 7.23. The minimum Gasteiger partial charge on any atom is -0.312 e. The third-order valence-electron chi connectivity index (χ3n) is 3.15. The van der Waals surface area contributed by atoms with Crippen molar-refractivity contribution in [1.29, 1.82) is 0 Å². The van der Waals surface area contributed by atoms with E-state index in [-0.39, 0.29) is 5.41 Å². The number of aromatic nitrogens is 1. The average Bonchev–Trinajstić information content (AvgIpc) is 2.93. The second kappa shape index (κ2) is 5.07. The van der Waals surface area contributed by atoms with Crippen LogP contribution >= 0.6 is 11.3 Å². The molecule has 0 atom stereocenters. The molecular formula is C14H24N2S. The predicted molar refractivity (Wildman–Crippen MR) is 74.6 cm³/mol. The summed E-state index contributed by atoms with van der Waals surface area (Å²) in [6.45, 7) is 10.9. The maximum absolute atomic E-state index is 4.89. The summed E-state index contributed by atoms with van der Waals surface area (Å²) >= 11 is 1.92. The van der Waals surface area contributed by atoms with Gasteiger partial charge in [0.25, 0.3) is 0 Å². The molecule has 1 aromatic heterocycles. The zero-order valence-electron chi connectivity index (χ0n) is 11.5. The number of thiazole rings is 1. The minimum atomic E-state index is 0.170. The van der Waals surface area contributed by atoms with Crippen molar-refractivity contribution in [3.63, 3.8) is 0 Å². The van der Waals surface area contributed by atoms with Gasteiger partial charge in [-0.15, -0.1) is 11.3 Å². The van der Waals surface area contributed by atoms with E-state index in [2.05, 4.69) is 33.0 Å². The molecule has 1 fully saturated rings. The Hall–Kier alpha value is -0.410. The molecule has 96 valence electrons. The molecule has 1 saturated carbocycles. The summed E-state index contributed by atoms with van der Waals surface area (Å²) in [7, 11) is 0. The Labute approximate surface area is 109 Å². The lowest BCUT2D eigenvalue weighted by Crippen LogP contribution is -2.18. The third kappa shape index (κ3) is 3.52. The molecule has 0 saturated heterocycles. The number of nitrogens with one attached hydrogen (secondary N) is 1. The summed E-state index contributed by atoms with van der Waals surface area (Å²) in [6.07, 6.45) is 4.03. The van der Waals surface area contributed by atoms with Gasteiger partial charge < -0.3 is 5.32 Å². The zero-order chi connectivity index (χ0) is 12.5. The van der Waals surface area contributed by atoms with E-state index >= 15 is 0 Å². The first-order valence-corrected chi connectivity index (χ1v) is 7.52. The second-order valence-electron chi connectivity index (χ2n) is 6.06. The Morgan fingerprint density at radius 1 is 1.35 bits per heavy atom. The molecule has 2 nitrogen and oxygen atoms in total. The first-order chi connectivity index (χ1) is 8.00. The van der Waals surface area contributed by atoms with E-state index in [1.54, 1.807) is 0 Å². The fourth-order valence-electron chi connectivity index (χ4n) is 2.00. The van der Waals surface area contributed by atoms with Crippen LogP contribution in [0, 0.1) is 5.92 Å². The van der Waals surface area contributed by atoms with Crippen molar-refractivity contribution in [2.45, 2.75) is 58.9 Å². The van der Waals surface area contributed by atoms with E-state index in [1.165, 1.54) is 34.8 Å². The molecule has 0 bridgehead atoms. The Kier molecular flexibility index (Phi) is 3.88. The highest BCUT2D eigenvalue weighted by molar-refractivity contribution is 7.11. The van der Waals surface area contributed by atoms with E-state index in [0.29, 0.717) is 0 Å². The molecule has 0 aliphatic heterocycles. The van der Waals surface area contributed by atoms with Crippen LogP contribution in [0.25, 0.3) is 0 Å². The lowest BCUT2D eigenvalue weighted by Gasteiger charge is -2.17. The smallest absolute Gasteiger partial charge is 0.0934 e. The molecule has 0 aromatic carbocycles. The first kappa shape index (κ1) is 13.0. The fraction of sp³-hybridized carbons (Fsp3) is 0.786. The van der Waals surface area contributed by atoms with Crippen molar-refractivity contribution in [2.24, 2.45) is 5.92 Å². The molecule has 0 unspecified atom stereocenters. The molecule has 1 heterocycles. The highest BCUT2D eigenvalue weighted by Crippen LogP contribution is 2.36. The molecule has 0 spiro atoms. The van der Waals surface area contributed by atoms with Gasteiger partial charge in [-0.1, -0.05) is 27.7 Å². The van der Waals surface area contributed by atoms with Gasteiger partial charge in [-0.25, -0.2) is 4.98 Å². The SMILES string of the molecule is CCNCc1sc(CC2CC2)nc1C(C)(C)C. The molecule has 2 rings (SSSR count). The van der Waals surface area contributed by atoms with Crippen molar-refractivity contribution >= 4 is 11.3 Å². The molecule has 3 heteroatoms. The van der Waals surface area contributed by atoms with Gasteiger partial charge in [-0.2, -0.15) is 0 Å². The molecule has 0 amide bonds. The van der Waals surface area contributed by atoms with Gasteiger partial charge in [0.05, 0.1) is 10.7 Å². The first-order valence-electron chi connectivity index (χ1n) is 6.70. The zero-order valence-corrected chi connectivity index (χ0v) is 12.3. The molecule has 1 aromatic rings. The summed E-state index contributed by atoms with van der Waals surface area (Å²) in [5.41, 5.74) is 1.47. The number of hydrogen-bond donors (Lipinski definition) is 1. The maximum Gasteiger partial charge on any atom is 0.0934 e. The summed E-state index contributed by atoms with van der Waals surface area (Å²) in [5.74, 6) is 0.931. The van der Waals surface area contributed by atoms with Crippen molar-refractivity contribution in [1.82, 2.24) is 10.3 Å². The van der Waals surface area contributed by atoms with Crippen LogP contribution in [0.5, 0.6) is 0 Å². The Morgan fingerprint density at radius 2 is 2.06 bits per heavy atom. The van der Waals surface area contributed by atoms with Gasteiger partial charge in [0.1, 0.15) is 0 Å². The average molecular weight is 252 g/mol. The maximum atomic E-state index is 4.89.